The molecule has 0 spiro atoms. The molecule has 2 aromatic carbocycles. The topological polar surface area (TPSA) is 70.7 Å². The first-order valence-electron chi connectivity index (χ1n) is 13.2. The molecule has 2 N–H and O–H groups in total. The Balaban J connectivity index is 1.57. The summed E-state index contributed by atoms with van der Waals surface area (Å²) in [5.41, 5.74) is 1.27. The number of nitrogens with zero attached hydrogens (tertiary/aromatic N) is 1. The third-order valence-corrected chi connectivity index (χ3v) is 9.45. The zero-order valence-corrected chi connectivity index (χ0v) is 24.7. The maximum atomic E-state index is 13.6. The molecule has 41 heavy (non-hydrogen) atoms. The van der Waals surface area contributed by atoms with Crippen LogP contribution in [-0.2, 0) is 16.3 Å². The van der Waals surface area contributed by atoms with E-state index in [1.165, 1.54) is 29.5 Å². The molecule has 1 aliphatic carbocycles. The van der Waals surface area contributed by atoms with Gasteiger partial charge in [-0.25, -0.2) is 12.8 Å². The average Bonchev–Trinajstić information content (AvgIpc) is 3.24. The van der Waals surface area contributed by atoms with Crippen LogP contribution in [0, 0.1) is 11.8 Å². The lowest BCUT2D eigenvalue weighted by Crippen LogP contribution is -2.36. The Kier molecular flexibility index (Phi) is 9.72. The number of thiophene rings is 1. The number of halogens is 4. The number of hydrogen-bond acceptors (Lipinski definition) is 7. The Morgan fingerprint density at radius 3 is 2.46 bits per heavy atom. The van der Waals surface area contributed by atoms with Crippen molar-refractivity contribution >= 4 is 42.6 Å². The van der Waals surface area contributed by atoms with Crippen molar-refractivity contribution in [3.8, 4) is 17.6 Å². The van der Waals surface area contributed by atoms with Gasteiger partial charge in [0.15, 0.2) is 9.84 Å². The van der Waals surface area contributed by atoms with Crippen LogP contribution in [0.25, 0.3) is 10.1 Å². The zero-order valence-electron chi connectivity index (χ0n) is 23.1. The first-order chi connectivity index (χ1) is 19.4. The molecule has 0 radical (unpaired) electrons. The molecule has 1 fully saturated rings. The molecule has 12 heteroatoms. The largest absolute Gasteiger partial charge is 0.461 e. The minimum Gasteiger partial charge on any atom is -0.461 e. The molecular formula is C29H33F4N3O3S2. The molecule has 1 aliphatic rings. The first kappa shape index (κ1) is 30.9. The van der Waals surface area contributed by atoms with Crippen molar-refractivity contribution < 1.29 is 30.7 Å². The molecule has 0 bridgehead atoms. The van der Waals surface area contributed by atoms with Crippen molar-refractivity contribution in [2.75, 3.05) is 44.4 Å². The SMILES string of the molecule is CN(C)C1CCC(Nc2cccc3c(CC(F)(F)F)c(C#CCNc4ccc(S(C)(=O)=O)cc4OCF)sc23)CC1. The van der Waals surface area contributed by atoms with Gasteiger partial charge in [-0.1, -0.05) is 24.0 Å². The number of benzene rings is 2. The van der Waals surface area contributed by atoms with Gasteiger partial charge in [0.2, 0.25) is 6.86 Å². The van der Waals surface area contributed by atoms with E-state index in [0.717, 1.165) is 42.3 Å². The third-order valence-electron chi connectivity index (χ3n) is 7.14. The molecule has 4 rings (SSSR count). The predicted molar refractivity (Wildman–Crippen MR) is 156 cm³/mol. The predicted octanol–water partition coefficient (Wildman–Crippen LogP) is 6.46. The van der Waals surface area contributed by atoms with E-state index in [4.69, 9.17) is 4.74 Å². The van der Waals surface area contributed by atoms with Crippen molar-refractivity contribution in [1.29, 1.82) is 0 Å². The Morgan fingerprint density at radius 1 is 1.10 bits per heavy atom. The van der Waals surface area contributed by atoms with Crippen LogP contribution in [0.1, 0.15) is 36.1 Å². The Morgan fingerprint density at radius 2 is 1.83 bits per heavy atom. The Labute approximate surface area is 242 Å². The quantitative estimate of drug-likeness (QED) is 0.214. The smallest absolute Gasteiger partial charge is 0.393 e. The van der Waals surface area contributed by atoms with Gasteiger partial charge >= 0.3 is 6.18 Å². The number of hydrogen-bond donors (Lipinski definition) is 2. The highest BCUT2D eigenvalue weighted by Crippen LogP contribution is 2.40. The fraction of sp³-hybridized carbons (Fsp3) is 0.448. The minimum atomic E-state index is -4.41. The molecule has 1 heterocycles. The van der Waals surface area contributed by atoms with Crippen molar-refractivity contribution in [1.82, 2.24) is 4.90 Å². The van der Waals surface area contributed by atoms with Gasteiger partial charge in [0.25, 0.3) is 0 Å². The summed E-state index contributed by atoms with van der Waals surface area (Å²) in [7, 11) is 0.631. The molecule has 0 saturated heterocycles. The molecule has 6 nitrogen and oxygen atoms in total. The summed E-state index contributed by atoms with van der Waals surface area (Å²) < 4.78 is 82.9. The summed E-state index contributed by atoms with van der Waals surface area (Å²) in [6, 6.07) is 10.2. The minimum absolute atomic E-state index is 0.00724. The Bertz CT molecular complexity index is 1530. The van der Waals surface area contributed by atoms with Gasteiger partial charge in [-0.2, -0.15) is 13.2 Å². The summed E-state index contributed by atoms with van der Waals surface area (Å²) in [6.45, 7) is -1.15. The van der Waals surface area contributed by atoms with Crippen LogP contribution in [-0.4, -0.2) is 65.3 Å². The number of sulfone groups is 1. The number of alkyl halides is 4. The average molecular weight is 612 g/mol. The molecule has 1 aromatic heterocycles. The van der Waals surface area contributed by atoms with Gasteiger partial charge in [-0.15, -0.1) is 11.3 Å². The van der Waals surface area contributed by atoms with Gasteiger partial charge in [-0.05, 0) is 68.9 Å². The second kappa shape index (κ2) is 12.9. The summed E-state index contributed by atoms with van der Waals surface area (Å²) >= 11 is 1.23. The van der Waals surface area contributed by atoms with Gasteiger partial charge in [-0.3, -0.25) is 0 Å². The van der Waals surface area contributed by atoms with Crippen LogP contribution in [0.15, 0.2) is 41.3 Å². The van der Waals surface area contributed by atoms with Gasteiger partial charge in [0.05, 0.1) is 38.8 Å². The highest BCUT2D eigenvalue weighted by atomic mass is 32.2. The van der Waals surface area contributed by atoms with Crippen LogP contribution in [0.3, 0.4) is 0 Å². The van der Waals surface area contributed by atoms with Crippen LogP contribution in [0.2, 0.25) is 0 Å². The molecule has 0 atom stereocenters. The molecular weight excluding hydrogens is 578 g/mol. The van der Waals surface area contributed by atoms with E-state index >= 15 is 0 Å². The molecule has 0 unspecified atom stereocenters. The normalized spacial score (nSPS) is 17.8. The summed E-state index contributed by atoms with van der Waals surface area (Å²) in [5.74, 6) is 5.74. The lowest BCUT2D eigenvalue weighted by Gasteiger charge is -2.33. The zero-order chi connectivity index (χ0) is 29.8. The maximum absolute atomic E-state index is 13.6. The van der Waals surface area contributed by atoms with Gasteiger partial charge in [0.1, 0.15) is 5.75 Å². The molecule has 3 aromatic rings. The van der Waals surface area contributed by atoms with Crippen molar-refractivity contribution in [3.63, 3.8) is 0 Å². The van der Waals surface area contributed by atoms with Crippen molar-refractivity contribution in [2.45, 2.75) is 55.3 Å². The van der Waals surface area contributed by atoms with Crippen molar-refractivity contribution in [2.24, 2.45) is 0 Å². The van der Waals surface area contributed by atoms with Crippen LogP contribution in [0.4, 0.5) is 28.9 Å². The molecule has 0 aliphatic heterocycles. The van der Waals surface area contributed by atoms with Crippen LogP contribution in [0.5, 0.6) is 5.75 Å². The van der Waals surface area contributed by atoms with E-state index in [9.17, 15) is 26.0 Å². The first-order valence-corrected chi connectivity index (χ1v) is 15.9. The highest BCUT2D eigenvalue weighted by Gasteiger charge is 2.31. The number of rotatable bonds is 9. The second-order valence-corrected chi connectivity index (χ2v) is 13.4. The van der Waals surface area contributed by atoms with Crippen molar-refractivity contribution in [3.05, 3.63) is 46.8 Å². The number of fused-ring (bicyclic) bond motifs is 1. The summed E-state index contributed by atoms with van der Waals surface area (Å²) in [5, 5.41) is 7.04. The second-order valence-electron chi connectivity index (χ2n) is 10.3. The summed E-state index contributed by atoms with van der Waals surface area (Å²) in [6.07, 6.45) is -0.387. The van der Waals surface area contributed by atoms with Gasteiger partial charge < -0.3 is 20.3 Å². The van der Waals surface area contributed by atoms with Gasteiger partial charge in [0, 0.05) is 24.4 Å². The van der Waals surface area contributed by atoms with Crippen LogP contribution >= 0.6 is 11.3 Å². The third kappa shape index (κ3) is 8.05. The standard InChI is InChI=1S/C29H33F4N3O3S2/c1-36(2)20-11-9-19(10-12-20)35-25-7-4-6-22-23(17-29(31,32)33)27(40-28(22)25)8-5-15-34-24-14-13-21(41(3,37)38)16-26(24)39-18-30/h4,6-7,13-14,16,19-20,34-35H,9-12,15,17-18H2,1-3H3. The number of nitrogens with one attached hydrogen (secondary N) is 2. The molecule has 1 saturated carbocycles. The Hall–Kier alpha value is -3.01. The highest BCUT2D eigenvalue weighted by molar-refractivity contribution is 7.90. The van der Waals surface area contributed by atoms with E-state index in [1.807, 2.05) is 6.07 Å². The van der Waals surface area contributed by atoms with E-state index in [0.29, 0.717) is 22.0 Å². The van der Waals surface area contributed by atoms with E-state index < -0.39 is 29.3 Å². The summed E-state index contributed by atoms with van der Waals surface area (Å²) in [4.78, 5) is 2.53. The molecule has 222 valence electrons. The molecule has 0 amide bonds. The van der Waals surface area contributed by atoms with Crippen LogP contribution < -0.4 is 15.4 Å². The maximum Gasteiger partial charge on any atom is 0.393 e. The monoisotopic (exact) mass is 611 g/mol. The lowest BCUT2D eigenvalue weighted by atomic mass is 9.90. The lowest BCUT2D eigenvalue weighted by molar-refractivity contribution is -0.126. The number of ether oxygens (including phenoxy) is 1. The fourth-order valence-corrected chi connectivity index (χ4v) is 6.85. The fourth-order valence-electron chi connectivity index (χ4n) is 5.04. The number of anilines is 2. The van der Waals surface area contributed by atoms with E-state index in [1.54, 1.807) is 12.1 Å². The van der Waals surface area contributed by atoms with E-state index in [2.05, 4.69) is 41.5 Å². The van der Waals surface area contributed by atoms with E-state index in [-0.39, 0.29) is 28.8 Å².